The molecule has 3 nitrogen and oxygen atoms in total. The summed E-state index contributed by atoms with van der Waals surface area (Å²) in [7, 11) is 3.77. The van der Waals surface area contributed by atoms with Crippen LogP contribution in [0.1, 0.15) is 18.0 Å². The monoisotopic (exact) mass is 192 g/mol. The zero-order valence-corrected chi connectivity index (χ0v) is 8.66. The molecule has 1 unspecified atom stereocenters. The molecule has 0 saturated carbocycles. The van der Waals surface area contributed by atoms with E-state index in [2.05, 4.69) is 18.0 Å². The lowest BCUT2D eigenvalue weighted by molar-refractivity contribution is 0.413. The van der Waals surface area contributed by atoms with E-state index in [-0.39, 0.29) is 6.04 Å². The molecule has 1 atom stereocenters. The average molecular weight is 192 g/mol. The van der Waals surface area contributed by atoms with Gasteiger partial charge in [0.15, 0.2) is 0 Å². The fourth-order valence-electron chi connectivity index (χ4n) is 1.91. The molecule has 0 bridgehead atoms. The summed E-state index contributed by atoms with van der Waals surface area (Å²) in [6.45, 7) is 1.03. The van der Waals surface area contributed by atoms with Crippen molar-refractivity contribution in [1.29, 1.82) is 0 Å². The Kier molecular flexibility index (Phi) is 2.33. The van der Waals surface area contributed by atoms with Crippen molar-refractivity contribution < 1.29 is 4.74 Å². The van der Waals surface area contributed by atoms with Crippen LogP contribution in [-0.2, 0) is 0 Å². The number of fused-ring (bicyclic) bond motifs is 1. The van der Waals surface area contributed by atoms with Crippen LogP contribution in [0.4, 0.5) is 5.69 Å². The van der Waals surface area contributed by atoms with Crippen molar-refractivity contribution in [2.24, 2.45) is 5.73 Å². The number of methoxy groups -OCH3 is 1. The van der Waals surface area contributed by atoms with Crippen molar-refractivity contribution in [3.05, 3.63) is 23.8 Å². The molecule has 0 fully saturated rings. The summed E-state index contributed by atoms with van der Waals surface area (Å²) < 4.78 is 5.19. The molecule has 1 aromatic carbocycles. The molecular formula is C11H16N2O. The molecule has 1 heterocycles. The summed E-state index contributed by atoms with van der Waals surface area (Å²) in [5.41, 5.74) is 8.47. The van der Waals surface area contributed by atoms with Crippen LogP contribution < -0.4 is 15.4 Å². The van der Waals surface area contributed by atoms with E-state index in [0.29, 0.717) is 0 Å². The van der Waals surface area contributed by atoms with Crippen molar-refractivity contribution in [2.45, 2.75) is 12.5 Å². The highest BCUT2D eigenvalue weighted by Crippen LogP contribution is 2.33. The Morgan fingerprint density at radius 2 is 2.29 bits per heavy atom. The van der Waals surface area contributed by atoms with Gasteiger partial charge in [-0.25, -0.2) is 0 Å². The second-order valence-corrected chi connectivity index (χ2v) is 3.74. The number of benzene rings is 1. The van der Waals surface area contributed by atoms with Crippen LogP contribution in [0.5, 0.6) is 5.75 Å². The molecule has 0 radical (unpaired) electrons. The van der Waals surface area contributed by atoms with Crippen molar-refractivity contribution in [3.8, 4) is 5.75 Å². The van der Waals surface area contributed by atoms with Crippen LogP contribution in [0.2, 0.25) is 0 Å². The van der Waals surface area contributed by atoms with Gasteiger partial charge in [-0.15, -0.1) is 0 Å². The lowest BCUT2D eigenvalue weighted by atomic mass is 9.97. The minimum absolute atomic E-state index is 0.149. The van der Waals surface area contributed by atoms with E-state index in [4.69, 9.17) is 10.5 Å². The van der Waals surface area contributed by atoms with E-state index in [1.165, 1.54) is 11.3 Å². The molecule has 2 N–H and O–H groups in total. The second-order valence-electron chi connectivity index (χ2n) is 3.74. The SMILES string of the molecule is COc1ccc2c(c1)C(N)CCN2C. The Balaban J connectivity index is 2.45. The van der Waals surface area contributed by atoms with Gasteiger partial charge in [-0.3, -0.25) is 0 Å². The molecular weight excluding hydrogens is 176 g/mol. The third-order valence-corrected chi connectivity index (χ3v) is 2.82. The molecule has 3 heteroatoms. The first-order valence-corrected chi connectivity index (χ1v) is 4.87. The van der Waals surface area contributed by atoms with Crippen molar-refractivity contribution in [3.63, 3.8) is 0 Å². The number of anilines is 1. The number of nitrogens with two attached hydrogens (primary N) is 1. The molecule has 1 aliphatic heterocycles. The van der Waals surface area contributed by atoms with Crippen LogP contribution in [0.3, 0.4) is 0 Å². The molecule has 0 aromatic heterocycles. The third kappa shape index (κ3) is 1.44. The molecule has 0 aliphatic carbocycles. The lowest BCUT2D eigenvalue weighted by Gasteiger charge is -2.31. The zero-order chi connectivity index (χ0) is 10.1. The van der Waals surface area contributed by atoms with Gasteiger partial charge < -0.3 is 15.4 Å². The van der Waals surface area contributed by atoms with Crippen LogP contribution in [0.25, 0.3) is 0 Å². The summed E-state index contributed by atoms with van der Waals surface area (Å²) in [6.07, 6.45) is 1.01. The molecule has 1 aliphatic rings. The Bertz CT molecular complexity index is 338. The van der Waals surface area contributed by atoms with Crippen LogP contribution >= 0.6 is 0 Å². The van der Waals surface area contributed by atoms with Crippen LogP contribution in [-0.4, -0.2) is 20.7 Å². The minimum atomic E-state index is 0.149. The van der Waals surface area contributed by atoms with Gasteiger partial charge in [-0.2, -0.15) is 0 Å². The third-order valence-electron chi connectivity index (χ3n) is 2.82. The maximum Gasteiger partial charge on any atom is 0.119 e. The zero-order valence-electron chi connectivity index (χ0n) is 8.66. The van der Waals surface area contributed by atoms with Gasteiger partial charge in [0, 0.05) is 25.3 Å². The number of ether oxygens (including phenoxy) is 1. The smallest absolute Gasteiger partial charge is 0.119 e. The Hall–Kier alpha value is -1.22. The van der Waals surface area contributed by atoms with Gasteiger partial charge in [0.05, 0.1) is 7.11 Å². The van der Waals surface area contributed by atoms with Gasteiger partial charge in [0.1, 0.15) is 5.75 Å². The highest BCUT2D eigenvalue weighted by Gasteiger charge is 2.20. The summed E-state index contributed by atoms with van der Waals surface area (Å²) in [6, 6.07) is 6.24. The number of nitrogens with zero attached hydrogens (tertiary/aromatic N) is 1. The van der Waals surface area contributed by atoms with E-state index in [9.17, 15) is 0 Å². The first-order chi connectivity index (χ1) is 6.72. The molecule has 0 saturated heterocycles. The van der Waals surface area contributed by atoms with E-state index >= 15 is 0 Å². The topological polar surface area (TPSA) is 38.5 Å². The maximum absolute atomic E-state index is 6.05. The van der Waals surface area contributed by atoms with Crippen LogP contribution in [0, 0.1) is 0 Å². The van der Waals surface area contributed by atoms with Gasteiger partial charge in [0.25, 0.3) is 0 Å². The normalized spacial score (nSPS) is 20.5. The molecule has 76 valence electrons. The standard InChI is InChI=1S/C11H16N2O/c1-13-6-5-10(12)9-7-8(14-2)3-4-11(9)13/h3-4,7,10H,5-6,12H2,1-2H3. The van der Waals surface area contributed by atoms with Gasteiger partial charge in [-0.05, 0) is 30.2 Å². The number of hydrogen-bond acceptors (Lipinski definition) is 3. The van der Waals surface area contributed by atoms with E-state index < -0.39 is 0 Å². The Morgan fingerprint density at radius 3 is 3.00 bits per heavy atom. The van der Waals surface area contributed by atoms with Gasteiger partial charge in [0.2, 0.25) is 0 Å². The highest BCUT2D eigenvalue weighted by atomic mass is 16.5. The Morgan fingerprint density at radius 1 is 1.50 bits per heavy atom. The summed E-state index contributed by atoms with van der Waals surface area (Å²) in [5.74, 6) is 0.884. The first-order valence-electron chi connectivity index (χ1n) is 4.87. The number of hydrogen-bond donors (Lipinski definition) is 1. The fraction of sp³-hybridized carbons (Fsp3) is 0.455. The minimum Gasteiger partial charge on any atom is -0.497 e. The molecule has 0 spiro atoms. The van der Waals surface area contributed by atoms with Crippen LogP contribution in [0.15, 0.2) is 18.2 Å². The highest BCUT2D eigenvalue weighted by molar-refractivity contribution is 5.58. The van der Waals surface area contributed by atoms with Gasteiger partial charge in [-0.1, -0.05) is 0 Å². The molecule has 14 heavy (non-hydrogen) atoms. The van der Waals surface area contributed by atoms with Gasteiger partial charge >= 0.3 is 0 Å². The molecule has 2 rings (SSSR count). The van der Waals surface area contributed by atoms with Crippen molar-refractivity contribution >= 4 is 5.69 Å². The Labute approximate surface area is 84.5 Å². The summed E-state index contributed by atoms with van der Waals surface area (Å²) in [4.78, 5) is 2.23. The fourth-order valence-corrected chi connectivity index (χ4v) is 1.91. The predicted molar refractivity (Wildman–Crippen MR) is 57.8 cm³/mol. The first kappa shape index (κ1) is 9.34. The average Bonchev–Trinajstić information content (AvgIpc) is 2.23. The van der Waals surface area contributed by atoms with Crippen molar-refractivity contribution in [1.82, 2.24) is 0 Å². The largest absolute Gasteiger partial charge is 0.497 e. The maximum atomic E-state index is 6.05. The molecule has 1 aromatic rings. The lowest BCUT2D eigenvalue weighted by Crippen LogP contribution is -2.30. The molecule has 0 amide bonds. The predicted octanol–water partition coefficient (Wildman–Crippen LogP) is 1.53. The van der Waals surface area contributed by atoms with E-state index in [0.717, 1.165) is 18.7 Å². The number of rotatable bonds is 1. The van der Waals surface area contributed by atoms with E-state index in [1.54, 1.807) is 7.11 Å². The van der Waals surface area contributed by atoms with E-state index in [1.807, 2.05) is 12.1 Å². The van der Waals surface area contributed by atoms with Crippen molar-refractivity contribution in [2.75, 3.05) is 25.6 Å². The second kappa shape index (κ2) is 3.50. The quantitative estimate of drug-likeness (QED) is 0.733. The summed E-state index contributed by atoms with van der Waals surface area (Å²) >= 11 is 0. The summed E-state index contributed by atoms with van der Waals surface area (Å²) in [5, 5.41) is 0.